The molecule has 0 saturated heterocycles. The molecular weight excluding hydrogens is 268 g/mol. The number of rotatable bonds is 3. The molecule has 0 unspecified atom stereocenters. The van der Waals surface area contributed by atoms with Crippen molar-refractivity contribution in [1.82, 2.24) is 0 Å². The molecule has 0 atom stereocenters. The lowest BCUT2D eigenvalue weighted by molar-refractivity contribution is -0.384. The van der Waals surface area contributed by atoms with E-state index in [1.807, 2.05) is 0 Å². The first kappa shape index (κ1) is 13.4. The van der Waals surface area contributed by atoms with E-state index in [0.29, 0.717) is 4.90 Å². The fourth-order valence-electron chi connectivity index (χ4n) is 1.82. The summed E-state index contributed by atoms with van der Waals surface area (Å²) in [7, 11) is 0. The van der Waals surface area contributed by atoms with Gasteiger partial charge in [0.2, 0.25) is 0 Å². The van der Waals surface area contributed by atoms with Gasteiger partial charge < -0.3 is 5.11 Å². The summed E-state index contributed by atoms with van der Waals surface area (Å²) in [6, 6.07) is 2.92. The van der Waals surface area contributed by atoms with E-state index in [9.17, 15) is 24.5 Å². The van der Waals surface area contributed by atoms with Crippen molar-refractivity contribution in [2.45, 2.75) is 6.92 Å². The third kappa shape index (κ3) is 2.03. The van der Waals surface area contributed by atoms with E-state index in [1.165, 1.54) is 6.92 Å². The summed E-state index contributed by atoms with van der Waals surface area (Å²) in [5.74, 6) is -2.79. The van der Waals surface area contributed by atoms with Crippen molar-refractivity contribution >= 4 is 29.2 Å². The first-order valence-electron chi connectivity index (χ1n) is 5.41. The van der Waals surface area contributed by atoms with Gasteiger partial charge in [-0.3, -0.25) is 19.7 Å². The summed E-state index contributed by atoms with van der Waals surface area (Å²) < 4.78 is 0. The second-order valence-corrected chi connectivity index (χ2v) is 4.07. The number of carbonyl (C=O) groups is 3. The molecule has 0 bridgehead atoms. The van der Waals surface area contributed by atoms with Crippen LogP contribution in [0.1, 0.15) is 17.3 Å². The van der Waals surface area contributed by atoms with Crippen molar-refractivity contribution in [2.75, 3.05) is 4.90 Å². The average molecular weight is 276 g/mol. The number of nitrogens with zero attached hydrogens (tertiary/aromatic N) is 2. The molecule has 1 heterocycles. The highest BCUT2D eigenvalue weighted by Crippen LogP contribution is 2.29. The minimum Gasteiger partial charge on any atom is -0.478 e. The number of imide groups is 1. The van der Waals surface area contributed by atoms with E-state index in [0.717, 1.165) is 24.3 Å². The van der Waals surface area contributed by atoms with Gasteiger partial charge in [-0.15, -0.1) is 0 Å². The van der Waals surface area contributed by atoms with Crippen LogP contribution in [0.5, 0.6) is 0 Å². The Morgan fingerprint density at radius 1 is 1.35 bits per heavy atom. The number of carboxylic acids is 1. The maximum absolute atomic E-state index is 11.8. The van der Waals surface area contributed by atoms with Gasteiger partial charge in [0.1, 0.15) is 0 Å². The van der Waals surface area contributed by atoms with E-state index < -0.39 is 34.0 Å². The average Bonchev–Trinajstić information content (AvgIpc) is 2.62. The van der Waals surface area contributed by atoms with Crippen molar-refractivity contribution < 1.29 is 24.4 Å². The molecule has 1 aromatic rings. The summed E-state index contributed by atoms with van der Waals surface area (Å²) in [5.41, 5.74) is -0.935. The number of carboxylic acid groups (broad SMARTS) is 1. The third-order valence-corrected chi connectivity index (χ3v) is 2.76. The molecule has 8 heteroatoms. The quantitative estimate of drug-likeness (QED) is 0.502. The third-order valence-electron chi connectivity index (χ3n) is 2.76. The Kier molecular flexibility index (Phi) is 3.07. The molecule has 1 aliphatic rings. The van der Waals surface area contributed by atoms with Crippen LogP contribution in [0.2, 0.25) is 0 Å². The van der Waals surface area contributed by atoms with Gasteiger partial charge in [-0.05, 0) is 13.0 Å². The lowest BCUT2D eigenvalue weighted by Gasteiger charge is -2.16. The molecule has 1 aliphatic heterocycles. The van der Waals surface area contributed by atoms with Crippen LogP contribution in [0.3, 0.4) is 0 Å². The number of nitro benzene ring substituents is 1. The maximum Gasteiger partial charge on any atom is 0.338 e. The highest BCUT2D eigenvalue weighted by molar-refractivity contribution is 6.31. The molecular formula is C12H8N2O6. The molecule has 1 N–H and O–H groups in total. The van der Waals surface area contributed by atoms with Gasteiger partial charge in [0.15, 0.2) is 0 Å². The number of anilines is 1. The van der Waals surface area contributed by atoms with Crippen LogP contribution < -0.4 is 4.90 Å². The van der Waals surface area contributed by atoms with Crippen molar-refractivity contribution in [2.24, 2.45) is 0 Å². The predicted octanol–water partition coefficient (Wildman–Crippen LogP) is 1.11. The summed E-state index contributed by atoms with van der Waals surface area (Å²) >= 11 is 0. The van der Waals surface area contributed by atoms with Gasteiger partial charge in [-0.2, -0.15) is 0 Å². The predicted molar refractivity (Wildman–Crippen MR) is 66.3 cm³/mol. The molecule has 20 heavy (non-hydrogen) atoms. The molecule has 0 saturated carbocycles. The fourth-order valence-corrected chi connectivity index (χ4v) is 1.82. The smallest absolute Gasteiger partial charge is 0.338 e. The lowest BCUT2D eigenvalue weighted by Crippen LogP contribution is -2.32. The van der Waals surface area contributed by atoms with E-state index >= 15 is 0 Å². The topological polar surface area (TPSA) is 118 Å². The molecule has 2 amide bonds. The fraction of sp³-hybridized carbons (Fsp3) is 0.0833. The molecule has 102 valence electrons. The summed E-state index contributed by atoms with van der Waals surface area (Å²) in [5, 5.41) is 19.7. The van der Waals surface area contributed by atoms with Crippen molar-refractivity contribution in [3.8, 4) is 0 Å². The molecule has 0 radical (unpaired) electrons. The zero-order chi connectivity index (χ0) is 15.0. The molecule has 0 aliphatic carbocycles. The highest BCUT2D eigenvalue weighted by atomic mass is 16.6. The van der Waals surface area contributed by atoms with Gasteiger partial charge in [0.05, 0.1) is 16.2 Å². The van der Waals surface area contributed by atoms with Crippen molar-refractivity contribution in [1.29, 1.82) is 0 Å². The Morgan fingerprint density at radius 2 is 2.00 bits per heavy atom. The van der Waals surface area contributed by atoms with Gasteiger partial charge in [0, 0.05) is 23.8 Å². The Balaban J connectivity index is 2.58. The second-order valence-electron chi connectivity index (χ2n) is 4.07. The van der Waals surface area contributed by atoms with E-state index in [2.05, 4.69) is 0 Å². The Labute approximate surface area is 112 Å². The van der Waals surface area contributed by atoms with Gasteiger partial charge in [-0.25, -0.2) is 9.69 Å². The Bertz CT molecular complexity index is 691. The normalized spacial score (nSPS) is 14.4. The summed E-state index contributed by atoms with van der Waals surface area (Å²) in [6.45, 7) is 1.42. The SMILES string of the molecule is CC1=CC(=O)N(c2ccc([N+](=O)[O-])cc2C(=O)O)C1=O. The van der Waals surface area contributed by atoms with Gasteiger partial charge in [0.25, 0.3) is 17.5 Å². The van der Waals surface area contributed by atoms with E-state index in [1.54, 1.807) is 0 Å². The van der Waals surface area contributed by atoms with E-state index in [4.69, 9.17) is 5.11 Å². The standard InChI is InChI=1S/C12H8N2O6/c1-6-4-10(15)13(11(6)16)9-3-2-7(14(19)20)5-8(9)12(17)18/h2-5H,1H3,(H,17,18). The van der Waals surface area contributed by atoms with Crippen molar-refractivity contribution in [3.63, 3.8) is 0 Å². The van der Waals surface area contributed by atoms with Gasteiger partial charge >= 0.3 is 5.97 Å². The Morgan fingerprint density at radius 3 is 2.45 bits per heavy atom. The number of carbonyl (C=O) groups excluding carboxylic acids is 2. The molecule has 0 aromatic heterocycles. The Hall–Kier alpha value is -3.03. The first-order chi connectivity index (χ1) is 9.32. The van der Waals surface area contributed by atoms with Crippen LogP contribution >= 0.6 is 0 Å². The van der Waals surface area contributed by atoms with E-state index in [-0.39, 0.29) is 11.3 Å². The maximum atomic E-state index is 11.8. The van der Waals surface area contributed by atoms with Gasteiger partial charge in [-0.1, -0.05) is 0 Å². The number of amides is 2. The highest BCUT2D eigenvalue weighted by Gasteiger charge is 2.33. The molecule has 8 nitrogen and oxygen atoms in total. The monoisotopic (exact) mass is 276 g/mol. The second kappa shape index (κ2) is 4.57. The lowest BCUT2D eigenvalue weighted by atomic mass is 10.1. The van der Waals surface area contributed by atoms with Crippen LogP contribution in [0.4, 0.5) is 11.4 Å². The molecule has 0 spiro atoms. The van der Waals surface area contributed by atoms with Crippen LogP contribution in [-0.2, 0) is 9.59 Å². The number of benzene rings is 1. The summed E-state index contributed by atoms with van der Waals surface area (Å²) in [4.78, 5) is 45.2. The number of hydrogen-bond donors (Lipinski definition) is 1. The molecule has 2 rings (SSSR count). The molecule has 0 fully saturated rings. The number of aromatic carboxylic acids is 1. The number of non-ortho nitro benzene ring substituents is 1. The minimum absolute atomic E-state index is 0.171. The first-order valence-corrected chi connectivity index (χ1v) is 5.41. The van der Waals surface area contributed by atoms with Crippen LogP contribution in [0, 0.1) is 10.1 Å². The van der Waals surface area contributed by atoms with Crippen molar-refractivity contribution in [3.05, 3.63) is 45.5 Å². The summed E-state index contributed by atoms with van der Waals surface area (Å²) in [6.07, 6.45) is 1.08. The van der Waals surface area contributed by atoms with Crippen LogP contribution in [0.25, 0.3) is 0 Å². The largest absolute Gasteiger partial charge is 0.478 e. The minimum atomic E-state index is -1.46. The number of hydrogen-bond acceptors (Lipinski definition) is 5. The van der Waals surface area contributed by atoms with Crippen LogP contribution in [-0.4, -0.2) is 27.8 Å². The zero-order valence-corrected chi connectivity index (χ0v) is 10.2. The number of nitro groups is 1. The zero-order valence-electron chi connectivity index (χ0n) is 10.2. The van der Waals surface area contributed by atoms with Crippen LogP contribution in [0.15, 0.2) is 29.8 Å². The molecule has 1 aromatic carbocycles.